The molecule has 0 aliphatic carbocycles. The van der Waals surface area contributed by atoms with Crippen LogP contribution >= 0.6 is 0 Å². The maximum atomic E-state index is 11.5. The third kappa shape index (κ3) is 3.85. The average Bonchev–Trinajstić information content (AvgIpc) is 2.36. The number of methoxy groups -OCH3 is 1. The Hall–Kier alpha value is -1.29. The van der Waals surface area contributed by atoms with Gasteiger partial charge in [0.25, 0.3) is 0 Å². The molecule has 0 radical (unpaired) electrons. The zero-order valence-electron chi connectivity index (χ0n) is 13.6. The number of rotatable bonds is 4. The van der Waals surface area contributed by atoms with Crippen LogP contribution in [0.15, 0.2) is 24.3 Å². The molecule has 112 valence electrons. The standard InChI is InChI=1S/C16H26O3Si/c1-12(15(17)18-5)13-8-10-14(11-9-13)19-20(6,7)16(2,3)4/h8-12H,1-7H3. The Morgan fingerprint density at radius 3 is 2.05 bits per heavy atom. The highest BCUT2D eigenvalue weighted by atomic mass is 28.4. The molecular formula is C16H26O3Si. The molecule has 1 aromatic rings. The Balaban J connectivity index is 2.85. The molecule has 0 amide bonds. The van der Waals surface area contributed by atoms with Crippen LogP contribution in [0.25, 0.3) is 0 Å². The summed E-state index contributed by atoms with van der Waals surface area (Å²) in [5, 5.41) is 0.172. The maximum Gasteiger partial charge on any atom is 0.312 e. The molecule has 1 rings (SSSR count). The Morgan fingerprint density at radius 2 is 1.65 bits per heavy atom. The molecule has 0 aromatic heterocycles. The first kappa shape index (κ1) is 16.8. The quantitative estimate of drug-likeness (QED) is 0.612. The summed E-state index contributed by atoms with van der Waals surface area (Å²) < 4.78 is 11.0. The summed E-state index contributed by atoms with van der Waals surface area (Å²) >= 11 is 0. The van der Waals surface area contributed by atoms with E-state index in [0.29, 0.717) is 0 Å². The second-order valence-corrected chi connectivity index (χ2v) is 11.4. The molecule has 0 spiro atoms. The minimum absolute atomic E-state index is 0.172. The van der Waals surface area contributed by atoms with Gasteiger partial charge in [-0.05, 0) is 42.8 Å². The Labute approximate surface area is 123 Å². The van der Waals surface area contributed by atoms with Gasteiger partial charge in [0.2, 0.25) is 8.32 Å². The van der Waals surface area contributed by atoms with E-state index in [1.54, 1.807) is 0 Å². The zero-order chi connectivity index (χ0) is 15.6. The van der Waals surface area contributed by atoms with Gasteiger partial charge in [-0.15, -0.1) is 0 Å². The lowest BCUT2D eigenvalue weighted by Crippen LogP contribution is -2.43. The number of carbonyl (C=O) groups is 1. The van der Waals surface area contributed by atoms with Crippen LogP contribution in [0.2, 0.25) is 18.1 Å². The van der Waals surface area contributed by atoms with Crippen LogP contribution in [-0.2, 0) is 9.53 Å². The second kappa shape index (κ2) is 6.00. The Bertz CT molecular complexity index is 458. The molecular weight excluding hydrogens is 268 g/mol. The first-order valence-corrected chi connectivity index (χ1v) is 9.86. The highest BCUT2D eigenvalue weighted by Crippen LogP contribution is 2.37. The van der Waals surface area contributed by atoms with E-state index in [2.05, 4.69) is 33.9 Å². The van der Waals surface area contributed by atoms with E-state index in [1.165, 1.54) is 7.11 Å². The topological polar surface area (TPSA) is 35.5 Å². The molecule has 0 saturated heterocycles. The number of esters is 1. The van der Waals surface area contributed by atoms with Gasteiger partial charge in [-0.3, -0.25) is 4.79 Å². The molecule has 1 atom stereocenters. The second-order valence-electron chi connectivity index (χ2n) is 6.68. The van der Waals surface area contributed by atoms with E-state index in [4.69, 9.17) is 9.16 Å². The Kier molecular flexibility index (Phi) is 5.03. The fourth-order valence-corrected chi connectivity index (χ4v) is 2.62. The van der Waals surface area contributed by atoms with Crippen molar-refractivity contribution in [2.75, 3.05) is 7.11 Å². The van der Waals surface area contributed by atoms with Crippen molar-refractivity contribution in [3.05, 3.63) is 29.8 Å². The molecule has 1 aromatic carbocycles. The third-order valence-electron chi connectivity index (χ3n) is 4.11. The SMILES string of the molecule is COC(=O)C(C)c1ccc(O[Si](C)(C)C(C)(C)C)cc1. The van der Waals surface area contributed by atoms with Crippen molar-refractivity contribution in [1.82, 2.24) is 0 Å². The van der Waals surface area contributed by atoms with Crippen molar-refractivity contribution in [2.24, 2.45) is 0 Å². The fourth-order valence-electron chi connectivity index (χ4n) is 1.59. The van der Waals surface area contributed by atoms with E-state index in [-0.39, 0.29) is 16.9 Å². The minimum atomic E-state index is -1.81. The fraction of sp³-hybridized carbons (Fsp3) is 0.562. The summed E-state index contributed by atoms with van der Waals surface area (Å²) in [6.45, 7) is 12.9. The van der Waals surface area contributed by atoms with Crippen molar-refractivity contribution in [3.8, 4) is 5.75 Å². The van der Waals surface area contributed by atoms with Gasteiger partial charge in [-0.1, -0.05) is 32.9 Å². The van der Waals surface area contributed by atoms with Gasteiger partial charge >= 0.3 is 5.97 Å². The lowest BCUT2D eigenvalue weighted by molar-refractivity contribution is -0.141. The van der Waals surface area contributed by atoms with Crippen molar-refractivity contribution in [1.29, 1.82) is 0 Å². The maximum absolute atomic E-state index is 11.5. The van der Waals surface area contributed by atoms with Crippen molar-refractivity contribution in [2.45, 2.75) is 51.7 Å². The summed E-state index contributed by atoms with van der Waals surface area (Å²) in [7, 11) is -0.400. The van der Waals surface area contributed by atoms with E-state index < -0.39 is 8.32 Å². The summed E-state index contributed by atoms with van der Waals surface area (Å²) in [4.78, 5) is 11.5. The number of ether oxygens (including phenoxy) is 1. The summed E-state index contributed by atoms with van der Waals surface area (Å²) in [6.07, 6.45) is 0. The van der Waals surface area contributed by atoms with Crippen molar-refractivity contribution in [3.63, 3.8) is 0 Å². The van der Waals surface area contributed by atoms with Crippen LogP contribution in [0.5, 0.6) is 5.75 Å². The predicted octanol–water partition coefficient (Wildman–Crippen LogP) is 4.35. The van der Waals surface area contributed by atoms with Crippen LogP contribution in [0.1, 0.15) is 39.2 Å². The van der Waals surface area contributed by atoms with Crippen LogP contribution < -0.4 is 4.43 Å². The van der Waals surface area contributed by atoms with Gasteiger partial charge in [-0.2, -0.15) is 0 Å². The van der Waals surface area contributed by atoms with Crippen molar-refractivity contribution >= 4 is 14.3 Å². The summed E-state index contributed by atoms with van der Waals surface area (Å²) in [5.74, 6) is 0.405. The molecule has 0 aliphatic rings. The summed E-state index contributed by atoms with van der Waals surface area (Å²) in [5.41, 5.74) is 0.944. The van der Waals surface area contributed by atoms with E-state index >= 15 is 0 Å². The van der Waals surface area contributed by atoms with Gasteiger partial charge in [0.1, 0.15) is 5.75 Å². The minimum Gasteiger partial charge on any atom is -0.544 e. The van der Waals surface area contributed by atoms with E-state index in [0.717, 1.165) is 11.3 Å². The average molecular weight is 294 g/mol. The molecule has 0 heterocycles. The summed E-state index contributed by atoms with van der Waals surface area (Å²) in [6, 6.07) is 7.75. The number of carbonyl (C=O) groups excluding carboxylic acids is 1. The molecule has 0 aliphatic heterocycles. The molecule has 0 fully saturated rings. The smallest absolute Gasteiger partial charge is 0.312 e. The zero-order valence-corrected chi connectivity index (χ0v) is 14.6. The van der Waals surface area contributed by atoms with Crippen molar-refractivity contribution < 1.29 is 14.0 Å². The Morgan fingerprint density at radius 1 is 1.15 bits per heavy atom. The lowest BCUT2D eigenvalue weighted by Gasteiger charge is -2.36. The lowest BCUT2D eigenvalue weighted by atomic mass is 10.0. The molecule has 0 saturated carbocycles. The van der Waals surface area contributed by atoms with Gasteiger partial charge < -0.3 is 9.16 Å². The van der Waals surface area contributed by atoms with E-state index in [1.807, 2.05) is 31.2 Å². The predicted molar refractivity (Wildman–Crippen MR) is 84.7 cm³/mol. The number of hydrogen-bond donors (Lipinski definition) is 0. The largest absolute Gasteiger partial charge is 0.544 e. The number of hydrogen-bond acceptors (Lipinski definition) is 3. The molecule has 3 nitrogen and oxygen atoms in total. The third-order valence-corrected chi connectivity index (χ3v) is 8.47. The van der Waals surface area contributed by atoms with Gasteiger partial charge in [0, 0.05) is 0 Å². The highest BCUT2D eigenvalue weighted by molar-refractivity contribution is 6.74. The van der Waals surface area contributed by atoms with Crippen LogP contribution in [-0.4, -0.2) is 21.4 Å². The van der Waals surface area contributed by atoms with Gasteiger partial charge in [0.05, 0.1) is 13.0 Å². The molecule has 0 N–H and O–H groups in total. The van der Waals surface area contributed by atoms with Crippen LogP contribution in [0.3, 0.4) is 0 Å². The molecule has 0 bridgehead atoms. The van der Waals surface area contributed by atoms with E-state index in [9.17, 15) is 4.79 Å². The normalized spacial score (nSPS) is 13.8. The van der Waals surface area contributed by atoms with Crippen LogP contribution in [0.4, 0.5) is 0 Å². The molecule has 4 heteroatoms. The van der Waals surface area contributed by atoms with Gasteiger partial charge in [0.15, 0.2) is 0 Å². The molecule has 1 unspecified atom stereocenters. The number of benzene rings is 1. The monoisotopic (exact) mass is 294 g/mol. The first-order chi connectivity index (χ1) is 9.08. The first-order valence-electron chi connectivity index (χ1n) is 6.95. The molecule has 20 heavy (non-hydrogen) atoms. The highest BCUT2D eigenvalue weighted by Gasteiger charge is 2.38. The van der Waals surface area contributed by atoms with Gasteiger partial charge in [-0.25, -0.2) is 0 Å². The van der Waals surface area contributed by atoms with Crippen LogP contribution in [0, 0.1) is 0 Å².